The van der Waals surface area contributed by atoms with Crippen molar-refractivity contribution >= 4 is 21.7 Å². The van der Waals surface area contributed by atoms with Crippen molar-refractivity contribution in [3.8, 4) is 5.75 Å². The minimum Gasteiger partial charge on any atom is -0.493 e. The maximum absolute atomic E-state index is 13.3. The number of sulfonamides is 1. The summed E-state index contributed by atoms with van der Waals surface area (Å²) in [4.78, 5) is 14.9. The number of piperidine rings is 1. The number of aliphatic carboxylic acids is 1. The summed E-state index contributed by atoms with van der Waals surface area (Å²) in [7, 11) is -1.77. The van der Waals surface area contributed by atoms with Crippen molar-refractivity contribution < 1.29 is 36.2 Å². The Kier molecular flexibility index (Phi) is 9.55. The number of alkyl halides is 3. The largest absolute Gasteiger partial charge is 0.493 e. The van der Waals surface area contributed by atoms with Gasteiger partial charge in [-0.25, -0.2) is 8.42 Å². The second-order valence-electron chi connectivity index (χ2n) is 11.9. The zero-order valence-electron chi connectivity index (χ0n) is 24.5. The molecule has 2 N–H and O–H groups in total. The second kappa shape index (κ2) is 13.2. The average Bonchev–Trinajstić information content (AvgIpc) is 3.00. The zero-order chi connectivity index (χ0) is 31.5. The topological polar surface area (TPSA) is 95.9 Å². The van der Waals surface area contributed by atoms with Gasteiger partial charge in [0.05, 0.1) is 23.0 Å². The Hall–Kier alpha value is -3.57. The van der Waals surface area contributed by atoms with Crippen LogP contribution in [-0.2, 0) is 21.0 Å². The van der Waals surface area contributed by atoms with Crippen LogP contribution in [0.15, 0.2) is 77.7 Å². The van der Waals surface area contributed by atoms with Crippen LogP contribution in [0.1, 0.15) is 60.6 Å². The average molecular weight is 631 g/mol. The van der Waals surface area contributed by atoms with Crippen LogP contribution in [0.2, 0.25) is 0 Å². The Morgan fingerprint density at radius 1 is 0.977 bits per heavy atom. The van der Waals surface area contributed by atoms with Gasteiger partial charge in [0.15, 0.2) is 0 Å². The minimum absolute atomic E-state index is 0.0624. The highest BCUT2D eigenvalue weighted by atomic mass is 32.2. The van der Waals surface area contributed by atoms with E-state index in [1.807, 2.05) is 6.07 Å². The lowest BCUT2D eigenvalue weighted by molar-refractivity contribution is -0.146. The Morgan fingerprint density at radius 3 is 2.36 bits per heavy atom. The maximum Gasteiger partial charge on any atom is 0.416 e. The fourth-order valence-electron chi connectivity index (χ4n) is 6.55. The van der Waals surface area contributed by atoms with E-state index in [0.717, 1.165) is 55.6 Å². The molecule has 1 heterocycles. The molecular weight excluding hydrogens is 593 g/mol. The molecule has 3 aromatic carbocycles. The van der Waals surface area contributed by atoms with Gasteiger partial charge in [-0.1, -0.05) is 30.7 Å². The number of ether oxygens (including phenoxy) is 1. The third-order valence-corrected chi connectivity index (χ3v) is 10.2. The van der Waals surface area contributed by atoms with Crippen LogP contribution in [0, 0.1) is 11.8 Å². The standard InChI is InChI=1S/C33H37F3N2O5S/c1-38-18-4-7-24(20-38)23-5-2-8-29(19-23)44(41,42)37-27-14-10-22(11-15-27)30-9-3-6-25(31(30)32(39)40)21-43-28-16-12-26(13-17-28)33(34,35)36/h2,5,8,10-17,19,24-25,30-31,37H,3-4,6-7,9,18,20-21H2,1H3,(H,39,40)/t24-,25-,30+,31-/m0/s1. The monoisotopic (exact) mass is 630 g/mol. The Balaban J connectivity index is 1.25. The van der Waals surface area contributed by atoms with E-state index in [1.165, 1.54) is 12.1 Å². The molecular formula is C33H37F3N2O5S. The number of rotatable bonds is 9. The van der Waals surface area contributed by atoms with E-state index in [2.05, 4.69) is 16.7 Å². The van der Waals surface area contributed by atoms with Crippen molar-refractivity contribution in [2.24, 2.45) is 11.8 Å². The first-order valence-corrected chi connectivity index (χ1v) is 16.3. The molecule has 1 aliphatic carbocycles. The molecule has 2 aliphatic rings. The van der Waals surface area contributed by atoms with Gasteiger partial charge in [0.25, 0.3) is 10.0 Å². The van der Waals surface area contributed by atoms with E-state index in [4.69, 9.17) is 4.74 Å². The molecule has 44 heavy (non-hydrogen) atoms. The minimum atomic E-state index is -4.45. The number of hydrogen-bond acceptors (Lipinski definition) is 5. The predicted molar refractivity (Wildman–Crippen MR) is 161 cm³/mol. The molecule has 0 aromatic heterocycles. The Bertz CT molecular complexity index is 1540. The molecule has 0 radical (unpaired) electrons. The van der Waals surface area contributed by atoms with Crippen LogP contribution in [0.4, 0.5) is 18.9 Å². The number of carbonyl (C=O) groups is 1. The van der Waals surface area contributed by atoms with Crippen molar-refractivity contribution in [1.82, 2.24) is 4.90 Å². The summed E-state index contributed by atoms with van der Waals surface area (Å²) in [6.45, 7) is 1.99. The molecule has 236 valence electrons. The van der Waals surface area contributed by atoms with Crippen molar-refractivity contribution in [2.45, 2.75) is 55.0 Å². The quantitative estimate of drug-likeness (QED) is 0.265. The van der Waals surface area contributed by atoms with Gasteiger partial charge in [0.1, 0.15) is 5.75 Å². The molecule has 0 amide bonds. The van der Waals surface area contributed by atoms with Gasteiger partial charge in [-0.15, -0.1) is 0 Å². The molecule has 1 aliphatic heterocycles. The summed E-state index contributed by atoms with van der Waals surface area (Å²) >= 11 is 0. The molecule has 3 aromatic rings. The summed E-state index contributed by atoms with van der Waals surface area (Å²) < 4.78 is 73.5. The van der Waals surface area contributed by atoms with Gasteiger partial charge < -0.3 is 14.7 Å². The lowest BCUT2D eigenvalue weighted by atomic mass is 9.69. The first kappa shape index (κ1) is 31.8. The summed E-state index contributed by atoms with van der Waals surface area (Å²) in [6.07, 6.45) is -0.347. The number of anilines is 1. The highest BCUT2D eigenvalue weighted by Crippen LogP contribution is 2.42. The van der Waals surface area contributed by atoms with Crippen LogP contribution < -0.4 is 9.46 Å². The summed E-state index contributed by atoms with van der Waals surface area (Å²) in [5.41, 5.74) is 1.38. The molecule has 11 heteroatoms. The van der Waals surface area contributed by atoms with Crippen molar-refractivity contribution in [2.75, 3.05) is 31.5 Å². The summed E-state index contributed by atoms with van der Waals surface area (Å²) in [6, 6.07) is 18.2. The molecule has 0 bridgehead atoms. The van der Waals surface area contributed by atoms with Crippen LogP contribution >= 0.6 is 0 Å². The van der Waals surface area contributed by atoms with Gasteiger partial charge in [-0.3, -0.25) is 9.52 Å². The predicted octanol–water partition coefficient (Wildman–Crippen LogP) is 6.98. The van der Waals surface area contributed by atoms with Crippen molar-refractivity contribution in [3.05, 3.63) is 89.5 Å². The number of nitrogens with one attached hydrogen (secondary N) is 1. The molecule has 4 atom stereocenters. The van der Waals surface area contributed by atoms with Crippen molar-refractivity contribution in [1.29, 1.82) is 0 Å². The number of carboxylic acids is 1. The molecule has 1 saturated carbocycles. The smallest absolute Gasteiger partial charge is 0.416 e. The van der Waals surface area contributed by atoms with Gasteiger partial charge in [0, 0.05) is 18.2 Å². The van der Waals surface area contributed by atoms with Gasteiger partial charge in [0.2, 0.25) is 0 Å². The summed E-state index contributed by atoms with van der Waals surface area (Å²) in [5.74, 6) is -1.87. The number of likely N-dealkylation sites (N-methyl/N-ethyl adjacent to an activating group) is 1. The number of halogens is 3. The van der Waals surface area contributed by atoms with Crippen LogP contribution in [0.5, 0.6) is 5.75 Å². The number of hydrogen-bond donors (Lipinski definition) is 2. The zero-order valence-corrected chi connectivity index (χ0v) is 25.3. The van der Waals surface area contributed by atoms with E-state index in [-0.39, 0.29) is 35.0 Å². The molecule has 7 nitrogen and oxygen atoms in total. The van der Waals surface area contributed by atoms with Crippen molar-refractivity contribution in [3.63, 3.8) is 0 Å². The molecule has 0 spiro atoms. The van der Waals surface area contributed by atoms with Gasteiger partial charge in [-0.2, -0.15) is 13.2 Å². The van der Waals surface area contributed by atoms with E-state index in [1.54, 1.807) is 42.5 Å². The Labute approximate surface area is 256 Å². The van der Waals surface area contributed by atoms with Gasteiger partial charge in [-0.05, 0) is 111 Å². The lowest BCUT2D eigenvalue weighted by Crippen LogP contribution is -2.36. The first-order chi connectivity index (χ1) is 20.9. The summed E-state index contributed by atoms with van der Waals surface area (Å²) in [5, 5.41) is 10.2. The second-order valence-corrected chi connectivity index (χ2v) is 13.6. The number of carboxylic acid groups (broad SMARTS) is 1. The Morgan fingerprint density at radius 2 is 1.70 bits per heavy atom. The van der Waals surface area contributed by atoms with E-state index >= 15 is 0 Å². The van der Waals surface area contributed by atoms with Gasteiger partial charge >= 0.3 is 12.1 Å². The van der Waals surface area contributed by atoms with Crippen LogP contribution in [0.25, 0.3) is 0 Å². The highest BCUT2D eigenvalue weighted by molar-refractivity contribution is 7.92. The molecule has 2 fully saturated rings. The van der Waals surface area contributed by atoms with Crippen LogP contribution in [-0.4, -0.2) is 51.1 Å². The third-order valence-electron chi connectivity index (χ3n) is 8.82. The number of benzene rings is 3. The molecule has 1 saturated heterocycles. The lowest BCUT2D eigenvalue weighted by Gasteiger charge is -2.35. The van der Waals surface area contributed by atoms with E-state index < -0.39 is 33.7 Å². The first-order valence-electron chi connectivity index (χ1n) is 14.8. The third kappa shape index (κ3) is 7.55. The maximum atomic E-state index is 13.3. The molecule has 5 rings (SSSR count). The fraction of sp³-hybridized carbons (Fsp3) is 0.424. The van der Waals surface area contributed by atoms with E-state index in [9.17, 15) is 31.5 Å². The fourth-order valence-corrected chi connectivity index (χ4v) is 7.67. The normalized spacial score (nSPS) is 23.2. The molecule has 0 unspecified atom stereocenters. The highest BCUT2D eigenvalue weighted by Gasteiger charge is 2.40. The number of nitrogens with zero attached hydrogens (tertiary/aromatic N) is 1. The SMILES string of the molecule is CN1CCC[C@H](c2cccc(S(=O)(=O)Nc3ccc([C@H]4CCC[C@@H](COc5ccc(C(F)(F)F)cc5)[C@@H]4C(=O)O)cc3)c2)C1. The van der Waals surface area contributed by atoms with E-state index in [0.29, 0.717) is 18.5 Å². The van der Waals surface area contributed by atoms with Crippen LogP contribution in [0.3, 0.4) is 0 Å². The number of likely N-dealkylation sites (tertiary alicyclic amines) is 1.